The van der Waals surface area contributed by atoms with Gasteiger partial charge in [0.1, 0.15) is 0 Å². The number of pyridine rings is 3. The van der Waals surface area contributed by atoms with Crippen LogP contribution in [0.3, 0.4) is 0 Å². The molecule has 0 bridgehead atoms. The maximum atomic E-state index is 13.9. The average Bonchev–Trinajstić information content (AvgIpc) is 3.17. The first-order chi connectivity index (χ1) is 15.2. The van der Waals surface area contributed by atoms with Gasteiger partial charge in [-0.05, 0) is 41.5 Å². The molecule has 2 fully saturated rings. The number of carbonyl (C=O) groups is 1. The lowest BCUT2D eigenvalue weighted by molar-refractivity contribution is -0.173. The number of carbonyl (C=O) groups excluding carboxylic acids is 1. The predicted octanol–water partition coefficient (Wildman–Crippen LogP) is 2.27. The topological polar surface area (TPSA) is 71.5 Å². The van der Waals surface area contributed by atoms with E-state index >= 15 is 0 Å². The summed E-state index contributed by atoms with van der Waals surface area (Å²) >= 11 is 0. The highest BCUT2D eigenvalue weighted by Gasteiger charge is 2.57. The third-order valence-electron chi connectivity index (χ3n) is 6.15. The van der Waals surface area contributed by atoms with Crippen LogP contribution in [-0.2, 0) is 22.6 Å². The highest BCUT2D eigenvalue weighted by atomic mass is 16.5. The van der Waals surface area contributed by atoms with Crippen LogP contribution < -0.4 is 0 Å². The maximum Gasteiger partial charge on any atom is 0.257 e. The number of rotatable bonds is 5. The molecule has 3 aromatic heterocycles. The molecule has 1 amide bonds. The van der Waals surface area contributed by atoms with Gasteiger partial charge in [-0.3, -0.25) is 24.6 Å². The van der Waals surface area contributed by atoms with E-state index < -0.39 is 5.60 Å². The molecule has 2 aliphatic heterocycles. The Morgan fingerprint density at radius 3 is 2.68 bits per heavy atom. The summed E-state index contributed by atoms with van der Waals surface area (Å²) in [4.78, 5) is 30.9. The lowest BCUT2D eigenvalue weighted by Gasteiger charge is -2.42. The van der Waals surface area contributed by atoms with Crippen molar-refractivity contribution in [3.05, 3.63) is 90.3 Å². The molecule has 0 N–H and O–H groups in total. The molecule has 5 heterocycles. The molecule has 3 aromatic rings. The van der Waals surface area contributed by atoms with E-state index in [-0.39, 0.29) is 11.8 Å². The van der Waals surface area contributed by atoms with Crippen molar-refractivity contribution < 1.29 is 9.53 Å². The molecule has 7 nitrogen and oxygen atoms in total. The van der Waals surface area contributed by atoms with Crippen molar-refractivity contribution in [1.29, 1.82) is 0 Å². The van der Waals surface area contributed by atoms with Gasteiger partial charge in [0, 0.05) is 69.6 Å². The number of aromatic nitrogens is 3. The Balaban J connectivity index is 1.45. The summed E-state index contributed by atoms with van der Waals surface area (Å²) in [6.07, 6.45) is 8.95. The first-order valence-electron chi connectivity index (χ1n) is 10.6. The van der Waals surface area contributed by atoms with Crippen LogP contribution in [0.1, 0.15) is 22.7 Å². The zero-order chi connectivity index (χ0) is 21.1. The second-order valence-corrected chi connectivity index (χ2v) is 8.15. The SMILES string of the molecule is O=C1N(Cc2ccncc2)CCO[C@]12CN(Cc1ccccn1)C[C@@H]2c1cccnc1. The van der Waals surface area contributed by atoms with Crippen molar-refractivity contribution in [2.24, 2.45) is 0 Å². The fraction of sp³-hybridized carbons (Fsp3) is 0.333. The summed E-state index contributed by atoms with van der Waals surface area (Å²) in [6, 6.07) is 13.8. The molecule has 0 radical (unpaired) electrons. The average molecular weight is 415 g/mol. The first kappa shape index (κ1) is 19.8. The summed E-state index contributed by atoms with van der Waals surface area (Å²) in [6.45, 7) is 3.60. The van der Waals surface area contributed by atoms with Gasteiger partial charge >= 0.3 is 0 Å². The molecule has 0 aromatic carbocycles. The van der Waals surface area contributed by atoms with Crippen molar-refractivity contribution in [2.75, 3.05) is 26.2 Å². The summed E-state index contributed by atoms with van der Waals surface area (Å²) in [5, 5.41) is 0. The van der Waals surface area contributed by atoms with Crippen LogP contribution in [0.15, 0.2) is 73.4 Å². The zero-order valence-corrected chi connectivity index (χ0v) is 17.3. The van der Waals surface area contributed by atoms with Gasteiger partial charge < -0.3 is 9.64 Å². The van der Waals surface area contributed by atoms with Gasteiger partial charge in [-0.1, -0.05) is 12.1 Å². The van der Waals surface area contributed by atoms with E-state index in [4.69, 9.17) is 4.74 Å². The number of morpholine rings is 1. The highest BCUT2D eigenvalue weighted by Crippen LogP contribution is 2.42. The molecule has 0 unspecified atom stereocenters. The monoisotopic (exact) mass is 415 g/mol. The Labute approximate surface area is 181 Å². The van der Waals surface area contributed by atoms with Crippen molar-refractivity contribution >= 4 is 5.91 Å². The minimum absolute atomic E-state index is 0.0490. The van der Waals surface area contributed by atoms with Crippen LogP contribution >= 0.6 is 0 Å². The smallest absolute Gasteiger partial charge is 0.257 e. The van der Waals surface area contributed by atoms with Gasteiger partial charge in [-0.2, -0.15) is 0 Å². The molecule has 2 atom stereocenters. The Bertz CT molecular complexity index is 1020. The summed E-state index contributed by atoms with van der Waals surface area (Å²) in [7, 11) is 0. The molecule has 2 saturated heterocycles. The fourth-order valence-electron chi connectivity index (χ4n) is 4.70. The predicted molar refractivity (Wildman–Crippen MR) is 115 cm³/mol. The molecular formula is C24H25N5O2. The fourth-order valence-corrected chi connectivity index (χ4v) is 4.70. The number of nitrogens with zero attached hydrogens (tertiary/aromatic N) is 5. The third-order valence-corrected chi connectivity index (χ3v) is 6.15. The van der Waals surface area contributed by atoms with Gasteiger partial charge in [0.05, 0.1) is 12.3 Å². The zero-order valence-electron chi connectivity index (χ0n) is 17.3. The molecule has 158 valence electrons. The minimum atomic E-state index is -0.914. The molecule has 0 saturated carbocycles. The van der Waals surface area contributed by atoms with Crippen LogP contribution in [0, 0.1) is 0 Å². The third kappa shape index (κ3) is 3.94. The van der Waals surface area contributed by atoms with E-state index in [1.807, 2.05) is 53.6 Å². The lowest BCUT2D eigenvalue weighted by Crippen LogP contribution is -2.59. The minimum Gasteiger partial charge on any atom is -0.361 e. The standard InChI is InChI=1S/C24H25N5O2/c30-23-24(31-13-12-29(23)15-19-6-10-25-11-7-19)18-28(16-21-5-1-2-9-27-21)17-22(24)20-4-3-8-26-14-20/h1-11,14,22H,12-13,15-18H2/t22-,24+/m1/s1. The van der Waals surface area contributed by atoms with E-state index in [0.29, 0.717) is 32.8 Å². The van der Waals surface area contributed by atoms with E-state index in [1.54, 1.807) is 24.8 Å². The molecule has 2 aliphatic rings. The van der Waals surface area contributed by atoms with E-state index in [0.717, 1.165) is 23.4 Å². The Morgan fingerprint density at radius 2 is 1.90 bits per heavy atom. The van der Waals surface area contributed by atoms with Crippen molar-refractivity contribution in [1.82, 2.24) is 24.8 Å². The second kappa shape index (κ2) is 8.53. The summed E-state index contributed by atoms with van der Waals surface area (Å²) in [5.74, 6) is -0.0365. The van der Waals surface area contributed by atoms with Gasteiger partial charge in [0.25, 0.3) is 5.91 Å². The number of amides is 1. The molecule has 31 heavy (non-hydrogen) atoms. The molecular weight excluding hydrogens is 390 g/mol. The largest absolute Gasteiger partial charge is 0.361 e. The lowest BCUT2D eigenvalue weighted by atomic mass is 9.83. The van der Waals surface area contributed by atoms with Gasteiger partial charge in [-0.25, -0.2) is 0 Å². The maximum absolute atomic E-state index is 13.9. The molecule has 5 rings (SSSR count). The first-order valence-corrected chi connectivity index (χ1v) is 10.6. The highest BCUT2D eigenvalue weighted by molar-refractivity contribution is 5.88. The van der Waals surface area contributed by atoms with Gasteiger partial charge in [-0.15, -0.1) is 0 Å². The van der Waals surface area contributed by atoms with Crippen LogP contribution in [0.25, 0.3) is 0 Å². The quantitative estimate of drug-likeness (QED) is 0.637. The Hall–Kier alpha value is -3.16. The summed E-state index contributed by atoms with van der Waals surface area (Å²) in [5.41, 5.74) is 2.18. The van der Waals surface area contributed by atoms with Crippen molar-refractivity contribution in [2.45, 2.75) is 24.6 Å². The van der Waals surface area contributed by atoms with Gasteiger partial charge in [0.15, 0.2) is 5.60 Å². The van der Waals surface area contributed by atoms with E-state index in [9.17, 15) is 4.79 Å². The summed E-state index contributed by atoms with van der Waals surface area (Å²) < 4.78 is 6.35. The number of ether oxygens (including phenoxy) is 1. The van der Waals surface area contributed by atoms with Crippen LogP contribution in [-0.4, -0.2) is 62.5 Å². The van der Waals surface area contributed by atoms with Gasteiger partial charge in [0.2, 0.25) is 0 Å². The van der Waals surface area contributed by atoms with Crippen LogP contribution in [0.2, 0.25) is 0 Å². The number of likely N-dealkylation sites (tertiary alicyclic amines) is 1. The Kier molecular flexibility index (Phi) is 5.44. The molecule has 1 spiro atoms. The second-order valence-electron chi connectivity index (χ2n) is 8.15. The normalized spacial score (nSPS) is 24.1. The number of hydrogen-bond donors (Lipinski definition) is 0. The number of hydrogen-bond acceptors (Lipinski definition) is 6. The van der Waals surface area contributed by atoms with Crippen molar-refractivity contribution in [3.8, 4) is 0 Å². The van der Waals surface area contributed by atoms with E-state index in [1.165, 1.54) is 0 Å². The van der Waals surface area contributed by atoms with Crippen LogP contribution in [0.4, 0.5) is 0 Å². The Morgan fingerprint density at radius 1 is 1.00 bits per heavy atom. The van der Waals surface area contributed by atoms with Crippen molar-refractivity contribution in [3.63, 3.8) is 0 Å². The molecule has 0 aliphatic carbocycles. The van der Waals surface area contributed by atoms with Crippen LogP contribution in [0.5, 0.6) is 0 Å². The van der Waals surface area contributed by atoms with E-state index in [2.05, 4.69) is 19.9 Å². The molecule has 7 heteroatoms.